The molecule has 2 aromatic rings. The van der Waals surface area contributed by atoms with Crippen LogP contribution in [0.2, 0.25) is 0 Å². The van der Waals surface area contributed by atoms with E-state index in [9.17, 15) is 28.5 Å². The van der Waals surface area contributed by atoms with Crippen LogP contribution in [0, 0.1) is 10.1 Å². The summed E-state index contributed by atoms with van der Waals surface area (Å²) in [5, 5.41) is 14.3. The number of nitrogens with zero attached hydrogens (tertiary/aromatic N) is 1. The molecule has 3 rings (SSSR count). The summed E-state index contributed by atoms with van der Waals surface area (Å²) in [6, 6.07) is 10.3. The number of methoxy groups -OCH3 is 1. The molecule has 0 radical (unpaired) electrons. The number of ether oxygens (including phenoxy) is 4. The third-order valence-corrected chi connectivity index (χ3v) is 4.41. The summed E-state index contributed by atoms with van der Waals surface area (Å²) < 4.78 is 45.0. The van der Waals surface area contributed by atoms with Crippen molar-refractivity contribution in [2.45, 2.75) is 13.5 Å². The highest BCUT2D eigenvalue weighted by Crippen LogP contribution is 2.38. The first kappa shape index (κ1) is 24.2. The molecule has 0 aromatic heterocycles. The number of nitrogens with one attached hydrogen (secondary N) is 1. The third kappa shape index (κ3) is 5.28. The van der Waals surface area contributed by atoms with Crippen molar-refractivity contribution in [1.82, 2.24) is 0 Å². The second-order valence-corrected chi connectivity index (χ2v) is 6.55. The number of Topliss-reactive ketones (excluding diaryl/α,β-unsaturated/α-hetero) is 1. The Bertz CT molecular complexity index is 1180. The van der Waals surface area contributed by atoms with Gasteiger partial charge in [0.05, 0.1) is 30.3 Å². The Labute approximate surface area is 191 Å². The molecular weight excluding hydrogens is 458 g/mol. The van der Waals surface area contributed by atoms with Crippen LogP contribution in [-0.2, 0) is 19.1 Å². The summed E-state index contributed by atoms with van der Waals surface area (Å²) in [6.45, 7) is -1.71. The molecule has 178 valence electrons. The number of halogens is 2. The molecule has 0 spiro atoms. The minimum absolute atomic E-state index is 0.0124. The summed E-state index contributed by atoms with van der Waals surface area (Å²) >= 11 is 0. The van der Waals surface area contributed by atoms with E-state index in [1.54, 1.807) is 37.3 Å². The second-order valence-electron chi connectivity index (χ2n) is 6.55. The van der Waals surface area contributed by atoms with Crippen LogP contribution >= 0.6 is 0 Å². The maximum Gasteiger partial charge on any atom is 0.387 e. The van der Waals surface area contributed by atoms with Gasteiger partial charge in [-0.15, -0.1) is 0 Å². The van der Waals surface area contributed by atoms with Gasteiger partial charge in [0.2, 0.25) is 11.7 Å². The van der Waals surface area contributed by atoms with Crippen molar-refractivity contribution in [1.29, 1.82) is 0 Å². The molecule has 0 amide bonds. The van der Waals surface area contributed by atoms with E-state index in [2.05, 4.69) is 10.1 Å². The Kier molecular flexibility index (Phi) is 7.41. The summed E-state index contributed by atoms with van der Waals surface area (Å²) in [6.07, 6.45) is 0.994. The summed E-state index contributed by atoms with van der Waals surface area (Å²) in [7, 11) is 1.15. The van der Waals surface area contributed by atoms with Gasteiger partial charge in [-0.05, 0) is 31.2 Å². The van der Waals surface area contributed by atoms with Crippen LogP contribution in [-0.4, -0.2) is 37.0 Å². The molecule has 2 aromatic carbocycles. The molecule has 0 saturated heterocycles. The first-order chi connectivity index (χ1) is 16.2. The molecule has 0 saturated carbocycles. The molecule has 34 heavy (non-hydrogen) atoms. The van der Waals surface area contributed by atoms with Crippen molar-refractivity contribution < 1.29 is 42.2 Å². The van der Waals surface area contributed by atoms with E-state index in [-0.39, 0.29) is 23.8 Å². The Balaban J connectivity index is 2.05. The molecule has 0 unspecified atom stereocenters. The van der Waals surface area contributed by atoms with E-state index in [1.165, 1.54) is 0 Å². The first-order valence-corrected chi connectivity index (χ1v) is 9.74. The number of rotatable bonds is 9. The lowest BCUT2D eigenvalue weighted by Crippen LogP contribution is -2.16. The molecule has 1 aliphatic rings. The Morgan fingerprint density at radius 2 is 1.94 bits per heavy atom. The number of para-hydroxylation sites is 1. The van der Waals surface area contributed by atoms with Gasteiger partial charge in [-0.25, -0.2) is 4.79 Å². The molecule has 0 bridgehead atoms. The quantitative estimate of drug-likeness (QED) is 0.188. The zero-order valence-corrected chi connectivity index (χ0v) is 17.9. The fraction of sp³-hybridized carbons (Fsp3) is 0.182. The van der Waals surface area contributed by atoms with Gasteiger partial charge in [0.15, 0.2) is 22.8 Å². The van der Waals surface area contributed by atoms with E-state index in [0.717, 1.165) is 25.3 Å². The summed E-state index contributed by atoms with van der Waals surface area (Å²) in [5.74, 6) is -3.33. The van der Waals surface area contributed by atoms with E-state index in [4.69, 9.17) is 14.2 Å². The molecule has 0 aliphatic carbocycles. The zero-order valence-electron chi connectivity index (χ0n) is 17.9. The standard InChI is InChI=1S/C22H18F2N2O8/c1-3-32-21(28)18-19(27)17(33-20(18)25-13-7-5-4-6-8-13)10-12-9-15(31-2)16(34-22(23)24)11-14(12)26(29)30/h4-11,22,25H,3H2,1-2H3/b17-10-. The van der Waals surface area contributed by atoms with E-state index in [0.29, 0.717) is 5.69 Å². The van der Waals surface area contributed by atoms with Crippen molar-refractivity contribution in [3.63, 3.8) is 0 Å². The maximum absolute atomic E-state index is 13.0. The lowest BCUT2D eigenvalue weighted by atomic mass is 10.1. The zero-order chi connectivity index (χ0) is 24.8. The molecule has 1 aliphatic heterocycles. The number of allylic oxidation sites excluding steroid dienone is 1. The molecule has 10 nitrogen and oxygen atoms in total. The number of ketones is 1. The van der Waals surface area contributed by atoms with Gasteiger partial charge < -0.3 is 24.3 Å². The highest BCUT2D eigenvalue weighted by Gasteiger charge is 2.37. The minimum Gasteiger partial charge on any atom is -0.493 e. The smallest absolute Gasteiger partial charge is 0.387 e. The van der Waals surface area contributed by atoms with Crippen LogP contribution in [0.3, 0.4) is 0 Å². The number of hydrogen-bond acceptors (Lipinski definition) is 9. The van der Waals surface area contributed by atoms with Crippen LogP contribution in [0.1, 0.15) is 12.5 Å². The van der Waals surface area contributed by atoms with Crippen molar-refractivity contribution in [2.75, 3.05) is 19.0 Å². The fourth-order valence-corrected chi connectivity index (χ4v) is 2.99. The average Bonchev–Trinajstić information content (AvgIpc) is 3.09. The van der Waals surface area contributed by atoms with Crippen molar-refractivity contribution in [3.05, 3.63) is 75.4 Å². The van der Waals surface area contributed by atoms with Crippen LogP contribution < -0.4 is 14.8 Å². The number of alkyl halides is 2. The van der Waals surface area contributed by atoms with Gasteiger partial charge in [-0.3, -0.25) is 14.9 Å². The van der Waals surface area contributed by atoms with Gasteiger partial charge in [-0.1, -0.05) is 18.2 Å². The van der Waals surface area contributed by atoms with Gasteiger partial charge in [0.25, 0.3) is 5.69 Å². The van der Waals surface area contributed by atoms with Crippen molar-refractivity contribution >= 4 is 29.2 Å². The van der Waals surface area contributed by atoms with E-state index < -0.39 is 46.1 Å². The Morgan fingerprint density at radius 3 is 2.53 bits per heavy atom. The van der Waals surface area contributed by atoms with Crippen molar-refractivity contribution in [3.8, 4) is 11.5 Å². The van der Waals surface area contributed by atoms with Crippen LogP contribution in [0.4, 0.5) is 20.2 Å². The molecule has 0 atom stereocenters. The highest BCUT2D eigenvalue weighted by atomic mass is 19.3. The largest absolute Gasteiger partial charge is 0.493 e. The number of nitro benzene ring substituents is 1. The molecule has 1 N–H and O–H groups in total. The van der Waals surface area contributed by atoms with E-state index in [1.807, 2.05) is 0 Å². The topological polar surface area (TPSA) is 126 Å². The van der Waals surface area contributed by atoms with Gasteiger partial charge in [0, 0.05) is 5.69 Å². The number of benzene rings is 2. The number of esters is 1. The predicted octanol–water partition coefficient (Wildman–Crippen LogP) is 4.03. The second kappa shape index (κ2) is 10.4. The van der Waals surface area contributed by atoms with Crippen LogP contribution in [0.5, 0.6) is 11.5 Å². The average molecular weight is 476 g/mol. The van der Waals surface area contributed by atoms with E-state index >= 15 is 0 Å². The van der Waals surface area contributed by atoms with Crippen LogP contribution in [0.15, 0.2) is 59.7 Å². The molecule has 0 fully saturated rings. The fourth-order valence-electron chi connectivity index (χ4n) is 2.99. The number of carbonyl (C=O) groups is 2. The SMILES string of the molecule is CCOC(=O)C1=C(Nc2ccccc2)O/C(=C\c2cc(OC)c(OC(F)F)cc2[N+](=O)[O-])C1=O. The molecular formula is C22H18F2N2O8. The summed E-state index contributed by atoms with van der Waals surface area (Å²) in [5.41, 5.74) is -0.822. The number of carbonyl (C=O) groups excluding carboxylic acids is 2. The monoisotopic (exact) mass is 476 g/mol. The van der Waals surface area contributed by atoms with Gasteiger partial charge >= 0.3 is 12.6 Å². The third-order valence-electron chi connectivity index (χ3n) is 4.41. The normalized spacial score (nSPS) is 14.3. The molecule has 12 heteroatoms. The molecule has 1 heterocycles. The predicted molar refractivity (Wildman–Crippen MR) is 114 cm³/mol. The lowest BCUT2D eigenvalue weighted by Gasteiger charge is -2.11. The van der Waals surface area contributed by atoms with Gasteiger partial charge in [-0.2, -0.15) is 8.78 Å². The van der Waals surface area contributed by atoms with Gasteiger partial charge in [0.1, 0.15) is 0 Å². The van der Waals surface area contributed by atoms with Crippen LogP contribution in [0.25, 0.3) is 6.08 Å². The summed E-state index contributed by atoms with van der Waals surface area (Å²) in [4.78, 5) is 36.1. The van der Waals surface area contributed by atoms with Crippen molar-refractivity contribution in [2.24, 2.45) is 0 Å². The highest BCUT2D eigenvalue weighted by molar-refractivity contribution is 6.26. The first-order valence-electron chi connectivity index (χ1n) is 9.74. The Hall–Kier alpha value is -4.48. The number of anilines is 1. The minimum atomic E-state index is -3.25. The maximum atomic E-state index is 13.0. The number of hydrogen-bond donors (Lipinski definition) is 1. The lowest BCUT2D eigenvalue weighted by molar-refractivity contribution is -0.385. The number of nitro groups is 1. The Morgan fingerprint density at radius 1 is 1.24 bits per heavy atom.